The Hall–Kier alpha value is -1.96. The van der Waals surface area contributed by atoms with Crippen LogP contribution in [0, 0.1) is 0 Å². The van der Waals surface area contributed by atoms with Crippen molar-refractivity contribution in [3.63, 3.8) is 0 Å². The summed E-state index contributed by atoms with van der Waals surface area (Å²) in [6, 6.07) is 4.61. The number of nitrogens with one attached hydrogen (secondary N) is 1. The summed E-state index contributed by atoms with van der Waals surface area (Å²) < 4.78 is 42.0. The minimum absolute atomic E-state index is 0.117. The molecule has 0 bridgehead atoms. The average molecular weight is 305 g/mol. The Morgan fingerprint density at radius 3 is 2.62 bits per heavy atom. The van der Waals surface area contributed by atoms with Crippen molar-refractivity contribution in [2.45, 2.75) is 13.1 Å². The molecule has 1 rings (SSSR count). The first-order valence-electron chi connectivity index (χ1n) is 6.27. The maximum absolute atomic E-state index is 12.3. The van der Waals surface area contributed by atoms with Gasteiger partial charge in [-0.25, -0.2) is 0 Å². The third-order valence-electron chi connectivity index (χ3n) is 2.72. The van der Waals surface area contributed by atoms with E-state index in [0.717, 1.165) is 4.90 Å². The van der Waals surface area contributed by atoms with Gasteiger partial charge in [0.15, 0.2) is 0 Å². The van der Waals surface area contributed by atoms with Gasteiger partial charge in [-0.1, -0.05) is 6.92 Å². The molecule has 0 unspecified atom stereocenters. The van der Waals surface area contributed by atoms with Crippen LogP contribution in [0.3, 0.4) is 0 Å². The van der Waals surface area contributed by atoms with E-state index in [1.807, 2.05) is 0 Å². The summed E-state index contributed by atoms with van der Waals surface area (Å²) in [6.07, 6.45) is -4.34. The van der Waals surface area contributed by atoms with Gasteiger partial charge in [0.05, 0.1) is 25.9 Å². The number of halogens is 3. The van der Waals surface area contributed by atoms with Crippen LogP contribution >= 0.6 is 0 Å². The van der Waals surface area contributed by atoms with Gasteiger partial charge in [0, 0.05) is 11.8 Å². The SMILES string of the molecule is CCN(CC(=O)Nc1ccc(N)cc1OC)CC(F)(F)F. The van der Waals surface area contributed by atoms with Gasteiger partial charge >= 0.3 is 6.18 Å². The zero-order valence-corrected chi connectivity index (χ0v) is 11.8. The van der Waals surface area contributed by atoms with E-state index in [1.165, 1.54) is 19.2 Å². The van der Waals surface area contributed by atoms with Gasteiger partial charge in [0.25, 0.3) is 0 Å². The molecule has 0 aliphatic rings. The zero-order chi connectivity index (χ0) is 16.0. The summed E-state index contributed by atoms with van der Waals surface area (Å²) in [5.41, 5.74) is 6.40. The number of benzene rings is 1. The molecule has 0 saturated carbocycles. The number of hydrogen-bond donors (Lipinski definition) is 2. The Balaban J connectivity index is 2.68. The van der Waals surface area contributed by atoms with Gasteiger partial charge in [0.2, 0.25) is 5.91 Å². The Kier molecular flexibility index (Phi) is 5.83. The van der Waals surface area contributed by atoms with Crippen LogP contribution in [0.25, 0.3) is 0 Å². The number of alkyl halides is 3. The lowest BCUT2D eigenvalue weighted by Crippen LogP contribution is -2.39. The van der Waals surface area contributed by atoms with E-state index < -0.39 is 18.6 Å². The number of carbonyl (C=O) groups is 1. The van der Waals surface area contributed by atoms with E-state index in [0.29, 0.717) is 17.1 Å². The van der Waals surface area contributed by atoms with Crippen LogP contribution in [0.4, 0.5) is 24.5 Å². The van der Waals surface area contributed by atoms with Crippen molar-refractivity contribution in [3.8, 4) is 5.75 Å². The fourth-order valence-electron chi connectivity index (χ4n) is 1.74. The molecule has 0 aliphatic heterocycles. The highest BCUT2D eigenvalue weighted by molar-refractivity contribution is 5.94. The van der Waals surface area contributed by atoms with Crippen molar-refractivity contribution in [2.24, 2.45) is 0 Å². The van der Waals surface area contributed by atoms with E-state index in [1.54, 1.807) is 13.0 Å². The van der Waals surface area contributed by atoms with Crippen molar-refractivity contribution in [1.82, 2.24) is 4.90 Å². The average Bonchev–Trinajstić information content (AvgIpc) is 2.38. The zero-order valence-electron chi connectivity index (χ0n) is 11.8. The second-order valence-electron chi connectivity index (χ2n) is 4.43. The topological polar surface area (TPSA) is 67.6 Å². The lowest BCUT2D eigenvalue weighted by atomic mass is 10.2. The number of methoxy groups -OCH3 is 1. The summed E-state index contributed by atoms with van der Waals surface area (Å²) in [6.45, 7) is 0.188. The number of rotatable bonds is 6. The van der Waals surface area contributed by atoms with Crippen molar-refractivity contribution >= 4 is 17.3 Å². The molecule has 1 amide bonds. The number of ether oxygens (including phenoxy) is 1. The number of hydrogen-bond acceptors (Lipinski definition) is 4. The molecule has 1 aromatic carbocycles. The summed E-state index contributed by atoms with van der Waals surface area (Å²) in [5.74, 6) is -0.202. The van der Waals surface area contributed by atoms with Crippen molar-refractivity contribution in [3.05, 3.63) is 18.2 Å². The highest BCUT2D eigenvalue weighted by atomic mass is 19.4. The number of anilines is 2. The number of nitrogens with zero attached hydrogens (tertiary/aromatic N) is 1. The van der Waals surface area contributed by atoms with E-state index in [2.05, 4.69) is 5.32 Å². The van der Waals surface area contributed by atoms with Crippen LogP contribution in [0.1, 0.15) is 6.92 Å². The number of nitrogens with two attached hydrogens (primary N) is 1. The van der Waals surface area contributed by atoms with Gasteiger partial charge < -0.3 is 15.8 Å². The lowest BCUT2D eigenvalue weighted by molar-refractivity contribution is -0.147. The number of amides is 1. The molecular weight excluding hydrogens is 287 g/mol. The number of carbonyl (C=O) groups excluding carboxylic acids is 1. The fourth-order valence-corrected chi connectivity index (χ4v) is 1.74. The normalized spacial score (nSPS) is 11.5. The molecule has 0 aromatic heterocycles. The van der Waals surface area contributed by atoms with Gasteiger partial charge in [-0.2, -0.15) is 13.2 Å². The second-order valence-corrected chi connectivity index (χ2v) is 4.43. The van der Waals surface area contributed by atoms with E-state index in [-0.39, 0.29) is 13.1 Å². The van der Waals surface area contributed by atoms with Crippen LogP contribution in [0.15, 0.2) is 18.2 Å². The first-order chi connectivity index (χ1) is 9.75. The summed E-state index contributed by atoms with van der Waals surface area (Å²) in [4.78, 5) is 12.8. The third kappa shape index (κ3) is 5.90. The maximum atomic E-state index is 12.3. The highest BCUT2D eigenvalue weighted by Crippen LogP contribution is 2.26. The fraction of sp³-hybridized carbons (Fsp3) is 0.462. The van der Waals surface area contributed by atoms with Gasteiger partial charge in [-0.15, -0.1) is 0 Å². The molecule has 0 aliphatic carbocycles. The molecule has 8 heteroatoms. The minimum Gasteiger partial charge on any atom is -0.494 e. The molecular formula is C13H18F3N3O2. The van der Waals surface area contributed by atoms with Crippen molar-refractivity contribution < 1.29 is 22.7 Å². The minimum atomic E-state index is -4.34. The van der Waals surface area contributed by atoms with Crippen molar-refractivity contribution in [2.75, 3.05) is 37.8 Å². The van der Waals surface area contributed by atoms with Crippen molar-refractivity contribution in [1.29, 1.82) is 0 Å². The van der Waals surface area contributed by atoms with Gasteiger partial charge in [-0.05, 0) is 18.7 Å². The van der Waals surface area contributed by atoms with E-state index in [4.69, 9.17) is 10.5 Å². The quantitative estimate of drug-likeness (QED) is 0.790. The van der Waals surface area contributed by atoms with E-state index in [9.17, 15) is 18.0 Å². The number of nitrogen functional groups attached to an aromatic ring is 1. The lowest BCUT2D eigenvalue weighted by Gasteiger charge is -2.21. The molecule has 1 aromatic rings. The molecule has 5 nitrogen and oxygen atoms in total. The van der Waals surface area contributed by atoms with Crippen LogP contribution in [-0.2, 0) is 4.79 Å². The molecule has 0 atom stereocenters. The Morgan fingerprint density at radius 2 is 2.10 bits per heavy atom. The first kappa shape index (κ1) is 17.1. The van der Waals surface area contributed by atoms with E-state index >= 15 is 0 Å². The molecule has 0 fully saturated rings. The summed E-state index contributed by atoms with van der Waals surface area (Å²) in [7, 11) is 1.41. The maximum Gasteiger partial charge on any atom is 0.401 e. The molecule has 118 valence electrons. The first-order valence-corrected chi connectivity index (χ1v) is 6.27. The Bertz CT molecular complexity index is 492. The molecule has 0 heterocycles. The van der Waals surface area contributed by atoms with Crippen LogP contribution in [-0.4, -0.2) is 43.7 Å². The highest BCUT2D eigenvalue weighted by Gasteiger charge is 2.30. The Labute approximate surface area is 120 Å². The molecule has 3 N–H and O–H groups in total. The van der Waals surface area contributed by atoms with Gasteiger partial charge in [0.1, 0.15) is 5.75 Å². The van der Waals surface area contributed by atoms with Crippen LogP contribution < -0.4 is 15.8 Å². The smallest absolute Gasteiger partial charge is 0.401 e. The predicted octanol–water partition coefficient (Wildman–Crippen LogP) is 2.10. The Morgan fingerprint density at radius 1 is 1.43 bits per heavy atom. The second kappa shape index (κ2) is 7.16. The predicted molar refractivity (Wildman–Crippen MR) is 74.2 cm³/mol. The summed E-state index contributed by atoms with van der Waals surface area (Å²) >= 11 is 0. The summed E-state index contributed by atoms with van der Waals surface area (Å²) in [5, 5.41) is 2.51. The van der Waals surface area contributed by atoms with Gasteiger partial charge in [-0.3, -0.25) is 9.69 Å². The number of likely N-dealkylation sites (N-methyl/N-ethyl adjacent to an activating group) is 1. The molecule has 0 spiro atoms. The van der Waals surface area contributed by atoms with Crippen LogP contribution in [0.2, 0.25) is 0 Å². The largest absolute Gasteiger partial charge is 0.494 e. The van der Waals surface area contributed by atoms with Crippen LogP contribution in [0.5, 0.6) is 5.75 Å². The third-order valence-corrected chi connectivity index (χ3v) is 2.72. The standard InChI is InChI=1S/C13H18F3N3O2/c1-3-19(8-13(14,15)16)7-12(20)18-10-5-4-9(17)6-11(10)21-2/h4-6H,3,7-8,17H2,1-2H3,(H,18,20). The molecule has 21 heavy (non-hydrogen) atoms. The molecule has 0 saturated heterocycles. The monoisotopic (exact) mass is 305 g/mol. The molecule has 0 radical (unpaired) electrons.